The van der Waals surface area contributed by atoms with Crippen LogP contribution in [0.2, 0.25) is 0 Å². The van der Waals surface area contributed by atoms with Crippen molar-refractivity contribution in [3.8, 4) is 0 Å². The zero-order valence-electron chi connectivity index (χ0n) is 28.8. The lowest BCUT2D eigenvalue weighted by molar-refractivity contribution is -0.182. The maximum Gasteiger partial charge on any atom is 0.338 e. The van der Waals surface area contributed by atoms with E-state index < -0.39 is 100 Å². The molecule has 0 spiro atoms. The zero-order chi connectivity index (χ0) is 37.2. The number of Topliss-reactive ketones (excluding diaryl/α,β-unsaturated/α-hetero) is 2. The smallest absolute Gasteiger partial charge is 0.338 e. The maximum absolute atomic E-state index is 14.7. The summed E-state index contributed by atoms with van der Waals surface area (Å²) in [6.07, 6.45) is -5.51. The molecule has 4 rings (SSSR count). The van der Waals surface area contributed by atoms with E-state index in [1.165, 1.54) is 64.1 Å². The molecule has 0 radical (unpaired) electrons. The summed E-state index contributed by atoms with van der Waals surface area (Å²) >= 11 is 0. The van der Waals surface area contributed by atoms with Crippen LogP contribution in [-0.2, 0) is 38.1 Å². The van der Waals surface area contributed by atoms with Crippen molar-refractivity contribution in [3.05, 3.63) is 96.1 Å². The predicted octanol–water partition coefficient (Wildman–Crippen LogP) is 3.73. The third kappa shape index (κ3) is 7.61. The Balaban J connectivity index is 2.06. The minimum atomic E-state index is -2.35. The number of carbonyl (C=O) groups is 6. The van der Waals surface area contributed by atoms with Gasteiger partial charge < -0.3 is 29.2 Å². The Morgan fingerprint density at radius 2 is 1.28 bits per heavy atom. The molecular weight excluding hydrogens is 648 g/mol. The van der Waals surface area contributed by atoms with Crippen molar-refractivity contribution in [2.75, 3.05) is 0 Å². The minimum absolute atomic E-state index is 0.0245. The topological polar surface area (TPSA) is 180 Å². The van der Waals surface area contributed by atoms with Crippen molar-refractivity contribution in [2.45, 2.75) is 83.6 Å². The molecule has 0 heterocycles. The Morgan fingerprint density at radius 1 is 0.780 bits per heavy atom. The summed E-state index contributed by atoms with van der Waals surface area (Å²) in [5.41, 5.74) is -6.25. The highest BCUT2D eigenvalue weighted by atomic mass is 16.6. The van der Waals surface area contributed by atoms with Crippen LogP contribution >= 0.6 is 0 Å². The fraction of sp³-hybridized carbons (Fsp3) is 0.421. The molecule has 0 amide bonds. The monoisotopic (exact) mass is 690 g/mol. The van der Waals surface area contributed by atoms with Gasteiger partial charge in [-0.1, -0.05) is 62.1 Å². The first-order valence-corrected chi connectivity index (χ1v) is 16.1. The Labute approximate surface area is 290 Å². The maximum atomic E-state index is 14.7. The molecule has 2 aromatic carbocycles. The van der Waals surface area contributed by atoms with E-state index in [1.807, 2.05) is 0 Å². The molecule has 8 unspecified atom stereocenters. The van der Waals surface area contributed by atoms with Crippen LogP contribution in [0, 0.1) is 17.3 Å². The molecule has 8 atom stereocenters. The molecule has 50 heavy (non-hydrogen) atoms. The van der Waals surface area contributed by atoms with Crippen LogP contribution in [0.3, 0.4) is 0 Å². The Morgan fingerprint density at radius 3 is 1.76 bits per heavy atom. The third-order valence-electron chi connectivity index (χ3n) is 9.08. The quantitative estimate of drug-likeness (QED) is 0.255. The van der Waals surface area contributed by atoms with Crippen molar-refractivity contribution in [2.24, 2.45) is 17.3 Å². The summed E-state index contributed by atoms with van der Waals surface area (Å²) in [6.45, 7) is 11.8. The van der Waals surface area contributed by atoms with E-state index >= 15 is 0 Å². The van der Waals surface area contributed by atoms with Crippen molar-refractivity contribution >= 4 is 35.4 Å². The van der Waals surface area contributed by atoms with Crippen molar-refractivity contribution in [1.82, 2.24) is 0 Å². The number of fused-ring (bicyclic) bond motifs is 1. The van der Waals surface area contributed by atoms with Crippen LogP contribution in [0.15, 0.2) is 85.0 Å². The van der Waals surface area contributed by atoms with Crippen molar-refractivity contribution in [3.63, 3.8) is 0 Å². The number of carbonyl (C=O) groups excluding carboxylic acids is 6. The van der Waals surface area contributed by atoms with Crippen LogP contribution in [0.1, 0.15) is 68.7 Å². The zero-order valence-corrected chi connectivity index (χ0v) is 28.8. The molecule has 1 fully saturated rings. The molecule has 2 aromatic rings. The first-order valence-electron chi connectivity index (χ1n) is 16.1. The highest BCUT2D eigenvalue weighted by Crippen LogP contribution is 2.52. The van der Waals surface area contributed by atoms with Gasteiger partial charge in [-0.2, -0.15) is 0 Å². The van der Waals surface area contributed by atoms with Crippen LogP contribution in [0.25, 0.3) is 0 Å². The highest BCUT2D eigenvalue weighted by molar-refractivity contribution is 5.96. The molecule has 1 saturated carbocycles. The van der Waals surface area contributed by atoms with Gasteiger partial charge in [-0.05, 0) is 45.0 Å². The number of esters is 4. The average molecular weight is 691 g/mol. The Bertz CT molecular complexity index is 1690. The second kappa shape index (κ2) is 14.5. The standard InChI is InChI=1S/C38H42O12/c1-21-18-19-36(5,6)32(43)28(41)30(49-35(45)26-16-12-9-13-17-26)22(2)29(48-34(44)25-14-10-8-11-15-25)27-33(47-23(3)39)37(7,46)20-38(27,31(21)42)50-24(4)40/h8-19,21,27-30,33,41,46H,2,20H2,1,3-7H3. The number of rotatable bonds is 6. The number of ether oxygens (including phenoxy) is 4. The molecule has 2 N–H and O–H groups in total. The number of allylic oxidation sites excluding steroid dienone is 2. The summed E-state index contributed by atoms with van der Waals surface area (Å²) < 4.78 is 23.3. The lowest BCUT2D eigenvalue weighted by Gasteiger charge is -2.42. The van der Waals surface area contributed by atoms with Gasteiger partial charge >= 0.3 is 23.9 Å². The fourth-order valence-corrected chi connectivity index (χ4v) is 6.68. The fourth-order valence-electron chi connectivity index (χ4n) is 6.68. The van der Waals surface area contributed by atoms with Crippen LogP contribution in [-0.4, -0.2) is 81.3 Å². The van der Waals surface area contributed by atoms with Gasteiger partial charge in [0, 0.05) is 37.2 Å². The molecule has 2 aliphatic rings. The Hall–Kier alpha value is -4.94. The summed E-state index contributed by atoms with van der Waals surface area (Å²) in [4.78, 5) is 81.3. The summed E-state index contributed by atoms with van der Waals surface area (Å²) in [5, 5.41) is 23.6. The van der Waals surface area contributed by atoms with Crippen molar-refractivity contribution < 1.29 is 57.9 Å². The summed E-state index contributed by atoms with van der Waals surface area (Å²) in [5.74, 6) is -8.28. The molecule has 266 valence electrons. The van der Waals surface area contributed by atoms with E-state index in [-0.39, 0.29) is 11.1 Å². The number of aliphatic hydroxyl groups is 2. The lowest BCUT2D eigenvalue weighted by atomic mass is 9.72. The van der Waals surface area contributed by atoms with Gasteiger partial charge in [0.1, 0.15) is 17.8 Å². The van der Waals surface area contributed by atoms with Crippen LogP contribution < -0.4 is 0 Å². The first kappa shape index (κ1) is 37.9. The normalized spacial score (nSPS) is 31.0. The van der Waals surface area contributed by atoms with Crippen molar-refractivity contribution in [1.29, 1.82) is 0 Å². The molecule has 12 nitrogen and oxygen atoms in total. The second-order valence-corrected chi connectivity index (χ2v) is 13.6. The minimum Gasteiger partial charge on any atom is -0.459 e. The molecule has 2 aliphatic carbocycles. The summed E-state index contributed by atoms with van der Waals surface area (Å²) in [6, 6.07) is 15.3. The van der Waals surface area contributed by atoms with Gasteiger partial charge in [0.25, 0.3) is 0 Å². The van der Waals surface area contributed by atoms with Crippen LogP contribution in [0.4, 0.5) is 0 Å². The van der Waals surface area contributed by atoms with Gasteiger partial charge in [-0.15, -0.1) is 0 Å². The SMILES string of the molecule is C=C1C(OC(=O)c2ccccc2)C(O)C(=O)C(C)(C)C=CC(C)C(=O)C2(OC(C)=O)CC(C)(O)C(OC(C)=O)C2C1OC(=O)c1ccccc1. The molecule has 12 heteroatoms. The van der Waals surface area contributed by atoms with Gasteiger partial charge in [-0.3, -0.25) is 19.2 Å². The van der Waals surface area contributed by atoms with E-state index in [9.17, 15) is 39.0 Å². The molecular formula is C38H42O12. The van der Waals surface area contributed by atoms with Crippen LogP contribution in [0.5, 0.6) is 0 Å². The number of hydrogen-bond acceptors (Lipinski definition) is 12. The van der Waals surface area contributed by atoms with Gasteiger partial charge in [-0.25, -0.2) is 9.59 Å². The molecule has 0 aliphatic heterocycles. The number of aliphatic hydroxyl groups excluding tert-OH is 1. The lowest BCUT2D eigenvalue weighted by Crippen LogP contribution is -2.58. The second-order valence-electron chi connectivity index (χ2n) is 13.6. The van der Waals surface area contributed by atoms with Gasteiger partial charge in [0.2, 0.25) is 0 Å². The van der Waals surface area contributed by atoms with Gasteiger partial charge in [0.15, 0.2) is 29.4 Å². The van der Waals surface area contributed by atoms with E-state index in [0.717, 1.165) is 13.8 Å². The number of ketones is 2. The highest BCUT2D eigenvalue weighted by Gasteiger charge is 2.70. The van der Waals surface area contributed by atoms with E-state index in [2.05, 4.69) is 6.58 Å². The molecule has 0 saturated heterocycles. The third-order valence-corrected chi connectivity index (χ3v) is 9.08. The molecule has 0 bridgehead atoms. The average Bonchev–Trinajstić information content (AvgIpc) is 3.28. The number of hydrogen-bond donors (Lipinski definition) is 2. The molecule has 0 aromatic heterocycles. The first-order chi connectivity index (χ1) is 23.3. The van der Waals surface area contributed by atoms with E-state index in [1.54, 1.807) is 36.4 Å². The largest absolute Gasteiger partial charge is 0.459 e. The van der Waals surface area contributed by atoms with E-state index in [4.69, 9.17) is 18.9 Å². The Kier molecular flexibility index (Phi) is 11.0. The van der Waals surface area contributed by atoms with Gasteiger partial charge in [0.05, 0.1) is 17.0 Å². The summed E-state index contributed by atoms with van der Waals surface area (Å²) in [7, 11) is 0. The predicted molar refractivity (Wildman–Crippen MR) is 177 cm³/mol. The van der Waals surface area contributed by atoms with E-state index in [0.29, 0.717) is 0 Å². The number of benzene rings is 2.